The normalized spacial score (nSPS) is 22.4. The van der Waals surface area contributed by atoms with Crippen molar-refractivity contribution < 1.29 is 14.2 Å². The lowest BCUT2D eigenvalue weighted by molar-refractivity contribution is -0.303. The molecule has 0 aromatic heterocycles. The van der Waals surface area contributed by atoms with Gasteiger partial charge in [-0.25, -0.2) is 0 Å². The summed E-state index contributed by atoms with van der Waals surface area (Å²) in [6.45, 7) is 5.42. The Bertz CT molecular complexity index is 158. The minimum Gasteiger partial charge on any atom is -0.431 e. The van der Waals surface area contributed by atoms with Crippen LogP contribution < -0.4 is 0 Å². The molecule has 0 N–H and O–H groups in total. The average Bonchev–Trinajstić information content (AvgIpc) is 2.10. The molecule has 0 saturated heterocycles. The molecule has 3 nitrogen and oxygen atoms in total. The summed E-state index contributed by atoms with van der Waals surface area (Å²) in [4.78, 5) is 0. The maximum absolute atomic E-state index is 5.25. The van der Waals surface area contributed by atoms with Gasteiger partial charge in [0.2, 0.25) is 0 Å². The molecule has 0 aromatic rings. The summed E-state index contributed by atoms with van der Waals surface area (Å²) >= 11 is 0. The monoisotopic (exact) mass is 144 g/mol. The standard InChI is InChI=1S/C7H12O3/c1-5-6(2)10-7(3,8-4)9-5/h1-4H3. The van der Waals surface area contributed by atoms with Gasteiger partial charge in [-0.1, -0.05) is 0 Å². The Hall–Kier alpha value is -0.700. The van der Waals surface area contributed by atoms with Crippen molar-refractivity contribution in [2.45, 2.75) is 26.7 Å². The summed E-state index contributed by atoms with van der Waals surface area (Å²) in [5.41, 5.74) is 0. The molecule has 1 heterocycles. The Morgan fingerprint density at radius 2 is 1.60 bits per heavy atom. The van der Waals surface area contributed by atoms with Gasteiger partial charge in [0.05, 0.1) is 0 Å². The van der Waals surface area contributed by atoms with Gasteiger partial charge in [-0.15, -0.1) is 0 Å². The van der Waals surface area contributed by atoms with Crippen molar-refractivity contribution in [1.82, 2.24) is 0 Å². The first-order chi connectivity index (χ1) is 4.57. The highest BCUT2D eigenvalue weighted by Crippen LogP contribution is 2.29. The van der Waals surface area contributed by atoms with Crippen LogP contribution in [0, 0.1) is 0 Å². The molecule has 1 aliphatic heterocycles. The lowest BCUT2D eigenvalue weighted by Gasteiger charge is -2.20. The van der Waals surface area contributed by atoms with Crippen molar-refractivity contribution in [3.8, 4) is 0 Å². The van der Waals surface area contributed by atoms with Crippen LogP contribution in [0.1, 0.15) is 20.8 Å². The summed E-state index contributed by atoms with van der Waals surface area (Å²) in [6.07, 6.45) is 0. The van der Waals surface area contributed by atoms with Crippen LogP contribution in [0.3, 0.4) is 0 Å². The number of allylic oxidation sites excluding steroid dienone is 2. The van der Waals surface area contributed by atoms with Crippen LogP contribution in [0.4, 0.5) is 0 Å². The summed E-state index contributed by atoms with van der Waals surface area (Å²) in [5.74, 6) is 0.669. The van der Waals surface area contributed by atoms with E-state index in [-0.39, 0.29) is 0 Å². The summed E-state index contributed by atoms with van der Waals surface area (Å²) in [7, 11) is 1.55. The van der Waals surface area contributed by atoms with Crippen molar-refractivity contribution in [3.63, 3.8) is 0 Å². The van der Waals surface area contributed by atoms with Crippen LogP contribution in [0.15, 0.2) is 11.5 Å². The van der Waals surface area contributed by atoms with Gasteiger partial charge >= 0.3 is 5.97 Å². The molecule has 0 aliphatic carbocycles. The molecule has 0 aromatic carbocycles. The Morgan fingerprint density at radius 1 is 1.20 bits per heavy atom. The molecule has 0 radical (unpaired) electrons. The van der Waals surface area contributed by atoms with Crippen molar-refractivity contribution in [3.05, 3.63) is 11.5 Å². The molecular formula is C7H12O3. The number of hydrogen-bond donors (Lipinski definition) is 0. The van der Waals surface area contributed by atoms with E-state index in [1.807, 2.05) is 13.8 Å². The molecule has 0 unspecified atom stereocenters. The first-order valence-electron chi connectivity index (χ1n) is 3.18. The Morgan fingerprint density at radius 3 is 1.80 bits per heavy atom. The van der Waals surface area contributed by atoms with Gasteiger partial charge in [0, 0.05) is 14.0 Å². The van der Waals surface area contributed by atoms with Gasteiger partial charge in [0.15, 0.2) is 0 Å². The quantitative estimate of drug-likeness (QED) is 0.559. The highest BCUT2D eigenvalue weighted by molar-refractivity contribution is 5.00. The fraction of sp³-hybridized carbons (Fsp3) is 0.714. The number of methoxy groups -OCH3 is 1. The van der Waals surface area contributed by atoms with E-state index in [2.05, 4.69) is 0 Å². The smallest absolute Gasteiger partial charge is 0.367 e. The largest absolute Gasteiger partial charge is 0.431 e. The van der Waals surface area contributed by atoms with Gasteiger partial charge in [-0.2, -0.15) is 0 Å². The van der Waals surface area contributed by atoms with Crippen LogP contribution in [0.5, 0.6) is 0 Å². The molecule has 10 heavy (non-hydrogen) atoms. The first kappa shape index (κ1) is 7.41. The second-order valence-electron chi connectivity index (χ2n) is 2.38. The summed E-state index contributed by atoms with van der Waals surface area (Å²) < 4.78 is 15.4. The van der Waals surface area contributed by atoms with Gasteiger partial charge in [-0.05, 0) is 13.8 Å². The van der Waals surface area contributed by atoms with E-state index in [1.54, 1.807) is 14.0 Å². The lowest BCUT2D eigenvalue weighted by Crippen LogP contribution is -2.28. The molecule has 0 saturated carbocycles. The summed E-state index contributed by atoms with van der Waals surface area (Å²) in [5, 5.41) is 0. The Kier molecular flexibility index (Phi) is 1.60. The lowest BCUT2D eigenvalue weighted by atomic mass is 10.5. The van der Waals surface area contributed by atoms with E-state index < -0.39 is 5.97 Å². The van der Waals surface area contributed by atoms with E-state index in [9.17, 15) is 0 Å². The molecule has 0 spiro atoms. The van der Waals surface area contributed by atoms with Crippen molar-refractivity contribution in [2.24, 2.45) is 0 Å². The molecule has 0 fully saturated rings. The SMILES string of the molecule is COC1(C)OC(C)=C(C)O1. The van der Waals surface area contributed by atoms with Gasteiger partial charge in [0.1, 0.15) is 11.5 Å². The van der Waals surface area contributed by atoms with Gasteiger partial charge in [0.25, 0.3) is 0 Å². The minimum atomic E-state index is -0.895. The van der Waals surface area contributed by atoms with Gasteiger partial charge in [-0.3, -0.25) is 0 Å². The Balaban J connectivity index is 2.66. The van der Waals surface area contributed by atoms with E-state index in [4.69, 9.17) is 14.2 Å². The number of rotatable bonds is 1. The third kappa shape index (κ3) is 1.09. The highest BCUT2D eigenvalue weighted by Gasteiger charge is 2.35. The average molecular weight is 144 g/mol. The zero-order chi connectivity index (χ0) is 7.78. The molecular weight excluding hydrogens is 132 g/mol. The number of ether oxygens (including phenoxy) is 3. The van der Waals surface area contributed by atoms with Crippen molar-refractivity contribution in [2.75, 3.05) is 7.11 Å². The second kappa shape index (κ2) is 2.16. The van der Waals surface area contributed by atoms with Crippen LogP contribution in [-0.4, -0.2) is 13.1 Å². The maximum atomic E-state index is 5.25. The minimum absolute atomic E-state index is 0.782. The third-order valence-electron chi connectivity index (χ3n) is 1.54. The predicted molar refractivity (Wildman–Crippen MR) is 36.0 cm³/mol. The van der Waals surface area contributed by atoms with E-state index in [1.165, 1.54) is 0 Å². The van der Waals surface area contributed by atoms with Crippen LogP contribution in [-0.2, 0) is 14.2 Å². The third-order valence-corrected chi connectivity index (χ3v) is 1.54. The Labute approximate surface area is 60.6 Å². The highest BCUT2D eigenvalue weighted by atomic mass is 16.9. The molecule has 0 bridgehead atoms. The van der Waals surface area contributed by atoms with Gasteiger partial charge < -0.3 is 14.2 Å². The van der Waals surface area contributed by atoms with E-state index in [0.717, 1.165) is 11.5 Å². The number of hydrogen-bond acceptors (Lipinski definition) is 3. The van der Waals surface area contributed by atoms with E-state index >= 15 is 0 Å². The van der Waals surface area contributed by atoms with Crippen LogP contribution in [0.2, 0.25) is 0 Å². The zero-order valence-corrected chi connectivity index (χ0v) is 6.72. The zero-order valence-electron chi connectivity index (χ0n) is 6.72. The maximum Gasteiger partial charge on any atom is 0.367 e. The molecule has 3 heteroatoms. The summed E-state index contributed by atoms with van der Waals surface area (Å²) in [6, 6.07) is 0. The molecule has 58 valence electrons. The molecule has 1 aliphatic rings. The molecule has 0 atom stereocenters. The second-order valence-corrected chi connectivity index (χ2v) is 2.38. The fourth-order valence-corrected chi connectivity index (χ4v) is 0.804. The van der Waals surface area contributed by atoms with Crippen molar-refractivity contribution >= 4 is 0 Å². The fourth-order valence-electron chi connectivity index (χ4n) is 0.804. The van der Waals surface area contributed by atoms with Crippen molar-refractivity contribution in [1.29, 1.82) is 0 Å². The predicted octanol–water partition coefficient (Wildman–Crippen LogP) is 1.60. The topological polar surface area (TPSA) is 27.7 Å². The first-order valence-corrected chi connectivity index (χ1v) is 3.18. The van der Waals surface area contributed by atoms with E-state index in [0.29, 0.717) is 0 Å². The van der Waals surface area contributed by atoms with Crippen LogP contribution in [0.25, 0.3) is 0 Å². The molecule has 1 rings (SSSR count). The molecule has 0 amide bonds. The van der Waals surface area contributed by atoms with Crippen LogP contribution >= 0.6 is 0 Å².